The van der Waals surface area contributed by atoms with Gasteiger partial charge in [0.05, 0.1) is 0 Å². The van der Waals surface area contributed by atoms with Crippen molar-refractivity contribution >= 4 is 5.91 Å². The fraction of sp³-hybridized carbons (Fsp3) is 0.667. The van der Waals surface area contributed by atoms with Crippen LogP contribution in [0.25, 0.3) is 0 Å². The van der Waals surface area contributed by atoms with Crippen molar-refractivity contribution in [3.63, 3.8) is 0 Å². The molecule has 1 atom stereocenters. The molecule has 2 rings (SSSR count). The lowest BCUT2D eigenvalue weighted by Crippen LogP contribution is -2.31. The summed E-state index contributed by atoms with van der Waals surface area (Å²) in [6.45, 7) is 0. The van der Waals surface area contributed by atoms with E-state index in [-0.39, 0.29) is 18.1 Å². The summed E-state index contributed by atoms with van der Waals surface area (Å²) in [5, 5.41) is 5.93. The van der Waals surface area contributed by atoms with E-state index in [0.29, 0.717) is 12.8 Å². The maximum absolute atomic E-state index is 12.7. The van der Waals surface area contributed by atoms with Crippen molar-refractivity contribution in [1.82, 2.24) is 20.1 Å². The first kappa shape index (κ1) is 11.9. The Balaban J connectivity index is 2.38. The van der Waals surface area contributed by atoms with Crippen molar-refractivity contribution in [2.45, 2.75) is 31.5 Å². The Hall–Kier alpha value is -1.60. The molecule has 17 heavy (non-hydrogen) atoms. The molecule has 0 spiro atoms. The van der Waals surface area contributed by atoms with Crippen molar-refractivity contribution in [2.75, 3.05) is 7.05 Å². The molecule has 5 nitrogen and oxygen atoms in total. The summed E-state index contributed by atoms with van der Waals surface area (Å²) in [5.41, 5.74) is 0. The van der Waals surface area contributed by atoms with Crippen LogP contribution in [0.1, 0.15) is 35.3 Å². The third kappa shape index (κ3) is 2.11. The first-order valence-corrected chi connectivity index (χ1v) is 5.17. The summed E-state index contributed by atoms with van der Waals surface area (Å²) in [4.78, 5) is 15.1. The van der Waals surface area contributed by atoms with E-state index >= 15 is 0 Å². The predicted molar refractivity (Wildman–Crippen MR) is 51.4 cm³/mol. The van der Waals surface area contributed by atoms with E-state index in [2.05, 4.69) is 15.4 Å². The number of nitrogens with one attached hydrogen (secondary N) is 1. The smallest absolute Gasteiger partial charge is 0.352 e. The summed E-state index contributed by atoms with van der Waals surface area (Å²) in [6, 6.07) is -1.67. The number of carbonyl (C=O) groups is 1. The molecular formula is C9H11F3N4O. The molecule has 1 amide bonds. The zero-order valence-electron chi connectivity index (χ0n) is 9.08. The fourth-order valence-corrected chi connectivity index (χ4v) is 1.86. The molecule has 1 aliphatic rings. The Labute approximate surface area is 95.0 Å². The molecule has 0 saturated heterocycles. The Morgan fingerprint density at radius 1 is 1.53 bits per heavy atom. The zero-order valence-corrected chi connectivity index (χ0v) is 9.08. The second-order valence-electron chi connectivity index (χ2n) is 3.82. The van der Waals surface area contributed by atoms with Crippen LogP contribution in [-0.2, 0) is 6.42 Å². The quantitative estimate of drug-likeness (QED) is 0.809. The number of hydrogen-bond acceptors (Lipinski definition) is 3. The van der Waals surface area contributed by atoms with Gasteiger partial charge in [-0.2, -0.15) is 13.2 Å². The van der Waals surface area contributed by atoms with Crippen LogP contribution >= 0.6 is 0 Å². The van der Waals surface area contributed by atoms with Gasteiger partial charge in [0, 0.05) is 13.5 Å². The number of alkyl halides is 3. The van der Waals surface area contributed by atoms with Gasteiger partial charge in [-0.05, 0) is 12.8 Å². The van der Waals surface area contributed by atoms with Crippen molar-refractivity contribution in [3.05, 3.63) is 11.6 Å². The van der Waals surface area contributed by atoms with E-state index < -0.39 is 18.1 Å². The largest absolute Gasteiger partial charge is 0.410 e. The van der Waals surface area contributed by atoms with Crippen LogP contribution in [0.5, 0.6) is 0 Å². The van der Waals surface area contributed by atoms with Crippen LogP contribution in [0, 0.1) is 0 Å². The zero-order chi connectivity index (χ0) is 12.6. The summed E-state index contributed by atoms with van der Waals surface area (Å²) in [6.07, 6.45) is -3.57. The van der Waals surface area contributed by atoms with E-state index in [1.54, 1.807) is 0 Å². The second kappa shape index (κ2) is 4.01. The minimum atomic E-state index is -4.36. The highest BCUT2D eigenvalue weighted by Crippen LogP contribution is 2.37. The Bertz CT molecular complexity index is 440. The standard InChI is InChI=1S/C9H11F3N4O/c1-13-8(17)7-14-6-4-2-3-5(9(10,11)12)16(6)15-7/h5H,2-4H2,1H3,(H,13,17). The first-order chi connectivity index (χ1) is 7.93. The van der Waals surface area contributed by atoms with Crippen molar-refractivity contribution in [2.24, 2.45) is 0 Å². The van der Waals surface area contributed by atoms with Gasteiger partial charge in [-0.25, -0.2) is 9.67 Å². The second-order valence-corrected chi connectivity index (χ2v) is 3.82. The molecule has 0 radical (unpaired) electrons. The molecule has 0 bridgehead atoms. The number of fused-ring (bicyclic) bond motifs is 1. The molecule has 0 saturated carbocycles. The fourth-order valence-electron chi connectivity index (χ4n) is 1.86. The molecular weight excluding hydrogens is 237 g/mol. The monoisotopic (exact) mass is 248 g/mol. The normalized spacial score (nSPS) is 19.9. The molecule has 2 heterocycles. The van der Waals surface area contributed by atoms with Gasteiger partial charge in [-0.3, -0.25) is 4.79 Å². The van der Waals surface area contributed by atoms with E-state index in [0.717, 1.165) is 4.68 Å². The molecule has 1 aromatic rings. The lowest BCUT2D eigenvalue weighted by Gasteiger charge is -2.25. The van der Waals surface area contributed by atoms with E-state index in [1.807, 2.05) is 0 Å². The number of aryl methyl sites for hydroxylation is 1. The minimum Gasteiger partial charge on any atom is -0.352 e. The average Bonchev–Trinajstić information content (AvgIpc) is 2.69. The molecule has 0 fully saturated rings. The summed E-state index contributed by atoms with van der Waals surface area (Å²) < 4.78 is 39.0. The van der Waals surface area contributed by atoms with E-state index in [9.17, 15) is 18.0 Å². The van der Waals surface area contributed by atoms with Crippen LogP contribution in [-0.4, -0.2) is 33.9 Å². The molecule has 8 heteroatoms. The Morgan fingerprint density at radius 2 is 2.24 bits per heavy atom. The Kier molecular flexibility index (Phi) is 2.80. The van der Waals surface area contributed by atoms with E-state index in [4.69, 9.17) is 0 Å². The summed E-state index contributed by atoms with van der Waals surface area (Å²) >= 11 is 0. The lowest BCUT2D eigenvalue weighted by molar-refractivity contribution is -0.174. The van der Waals surface area contributed by atoms with Crippen molar-refractivity contribution in [3.8, 4) is 0 Å². The molecule has 94 valence electrons. The molecule has 1 N–H and O–H groups in total. The van der Waals surface area contributed by atoms with Crippen molar-refractivity contribution < 1.29 is 18.0 Å². The first-order valence-electron chi connectivity index (χ1n) is 5.17. The van der Waals surface area contributed by atoms with Crippen LogP contribution in [0.2, 0.25) is 0 Å². The van der Waals surface area contributed by atoms with Gasteiger partial charge < -0.3 is 5.32 Å². The SMILES string of the molecule is CNC(=O)c1nc2n(n1)C(C(F)(F)F)CCC2. The number of rotatable bonds is 1. The van der Waals surface area contributed by atoms with Gasteiger partial charge in [0.1, 0.15) is 11.9 Å². The van der Waals surface area contributed by atoms with Gasteiger partial charge in [0.2, 0.25) is 5.82 Å². The maximum atomic E-state index is 12.7. The summed E-state index contributed by atoms with van der Waals surface area (Å²) in [5.74, 6) is -0.566. The number of hydrogen-bond donors (Lipinski definition) is 1. The number of aromatic nitrogens is 3. The van der Waals surface area contributed by atoms with E-state index in [1.165, 1.54) is 7.05 Å². The maximum Gasteiger partial charge on any atom is 0.410 e. The van der Waals surface area contributed by atoms with Crippen LogP contribution in [0.3, 0.4) is 0 Å². The average molecular weight is 248 g/mol. The Morgan fingerprint density at radius 3 is 2.82 bits per heavy atom. The number of nitrogens with zero attached hydrogens (tertiary/aromatic N) is 3. The van der Waals surface area contributed by atoms with Gasteiger partial charge in [-0.15, -0.1) is 5.10 Å². The van der Waals surface area contributed by atoms with Crippen LogP contribution in [0.4, 0.5) is 13.2 Å². The highest BCUT2D eigenvalue weighted by atomic mass is 19.4. The molecule has 1 unspecified atom stereocenters. The molecule has 0 aliphatic carbocycles. The summed E-state index contributed by atoms with van der Waals surface area (Å²) in [7, 11) is 1.38. The number of amides is 1. The third-order valence-corrected chi connectivity index (χ3v) is 2.68. The topological polar surface area (TPSA) is 59.8 Å². The highest BCUT2D eigenvalue weighted by Gasteiger charge is 2.44. The lowest BCUT2D eigenvalue weighted by atomic mass is 10.1. The van der Waals surface area contributed by atoms with Crippen LogP contribution < -0.4 is 5.32 Å². The van der Waals surface area contributed by atoms with Gasteiger partial charge in [-0.1, -0.05) is 0 Å². The third-order valence-electron chi connectivity index (χ3n) is 2.68. The van der Waals surface area contributed by atoms with Gasteiger partial charge in [0.25, 0.3) is 5.91 Å². The van der Waals surface area contributed by atoms with Crippen molar-refractivity contribution in [1.29, 1.82) is 0 Å². The minimum absolute atomic E-state index is 0.0208. The molecule has 1 aliphatic heterocycles. The predicted octanol–water partition coefficient (Wildman–Crippen LogP) is 1.08. The molecule has 1 aromatic heterocycles. The van der Waals surface area contributed by atoms with Gasteiger partial charge in [0.15, 0.2) is 0 Å². The highest BCUT2D eigenvalue weighted by molar-refractivity contribution is 5.90. The van der Waals surface area contributed by atoms with Gasteiger partial charge >= 0.3 is 6.18 Å². The number of carbonyl (C=O) groups excluding carboxylic acids is 1. The van der Waals surface area contributed by atoms with Crippen LogP contribution in [0.15, 0.2) is 0 Å². The molecule has 0 aromatic carbocycles. The number of halogens is 3.